The molecule has 0 spiro atoms. The Morgan fingerprint density at radius 2 is 2.30 bits per heavy atom. The highest BCUT2D eigenvalue weighted by Gasteiger charge is 2.15. The minimum absolute atomic E-state index is 0.0255. The van der Waals surface area contributed by atoms with Gasteiger partial charge in [-0.05, 0) is 19.9 Å². The van der Waals surface area contributed by atoms with Crippen molar-refractivity contribution in [3.63, 3.8) is 0 Å². The lowest BCUT2D eigenvalue weighted by molar-refractivity contribution is -0.385. The number of aryl methyl sites for hydroxylation is 1. The Kier molecular flexibility index (Phi) is 4.52. The molecule has 0 radical (unpaired) electrons. The van der Waals surface area contributed by atoms with Crippen LogP contribution in [0.15, 0.2) is 23.6 Å². The minimum atomic E-state index is -0.445. The van der Waals surface area contributed by atoms with Crippen molar-refractivity contribution in [3.05, 3.63) is 44.4 Å². The van der Waals surface area contributed by atoms with Crippen molar-refractivity contribution in [2.45, 2.75) is 20.4 Å². The third-order valence-electron chi connectivity index (χ3n) is 2.57. The van der Waals surface area contributed by atoms with E-state index < -0.39 is 4.92 Å². The molecule has 0 bridgehead atoms. The molecule has 0 saturated heterocycles. The number of ether oxygens (including phenoxy) is 1. The van der Waals surface area contributed by atoms with Crippen molar-refractivity contribution in [2.24, 2.45) is 0 Å². The van der Waals surface area contributed by atoms with Crippen molar-refractivity contribution in [2.75, 3.05) is 11.9 Å². The fourth-order valence-corrected chi connectivity index (χ4v) is 2.42. The van der Waals surface area contributed by atoms with E-state index in [0.717, 1.165) is 16.4 Å². The van der Waals surface area contributed by atoms with E-state index in [1.807, 2.05) is 12.3 Å². The summed E-state index contributed by atoms with van der Waals surface area (Å²) in [5.74, 6) is 0.276. The van der Waals surface area contributed by atoms with Gasteiger partial charge in [-0.3, -0.25) is 10.1 Å². The zero-order chi connectivity index (χ0) is 14.5. The van der Waals surface area contributed by atoms with Crippen LogP contribution in [0, 0.1) is 17.0 Å². The third-order valence-corrected chi connectivity index (χ3v) is 3.53. The smallest absolute Gasteiger partial charge is 0.311 e. The number of nitro groups is 1. The third kappa shape index (κ3) is 3.45. The molecule has 2 aromatic rings. The number of rotatable bonds is 6. The molecule has 0 aliphatic rings. The normalized spacial score (nSPS) is 10.3. The van der Waals surface area contributed by atoms with E-state index in [4.69, 9.17) is 4.74 Å². The molecule has 1 heterocycles. The molecule has 0 aliphatic carbocycles. The number of nitro benzene ring substituents is 1. The van der Waals surface area contributed by atoms with E-state index in [1.165, 1.54) is 6.07 Å². The van der Waals surface area contributed by atoms with E-state index in [-0.39, 0.29) is 11.4 Å². The fourth-order valence-electron chi connectivity index (χ4n) is 1.71. The predicted molar refractivity (Wildman–Crippen MR) is 78.4 cm³/mol. The highest BCUT2D eigenvalue weighted by atomic mass is 32.1. The molecule has 106 valence electrons. The van der Waals surface area contributed by atoms with Gasteiger partial charge in [0.25, 0.3) is 0 Å². The SMILES string of the molecule is CCOc1cc(NCc2nc(C)cs2)ccc1[N+](=O)[O-]. The quantitative estimate of drug-likeness (QED) is 0.652. The lowest BCUT2D eigenvalue weighted by atomic mass is 10.2. The van der Waals surface area contributed by atoms with Crippen LogP contribution in [0.5, 0.6) is 5.75 Å². The summed E-state index contributed by atoms with van der Waals surface area (Å²) in [5.41, 5.74) is 1.74. The number of hydrogen-bond acceptors (Lipinski definition) is 6. The van der Waals surface area contributed by atoms with Crippen LogP contribution < -0.4 is 10.1 Å². The summed E-state index contributed by atoms with van der Waals surface area (Å²) in [6, 6.07) is 4.75. The van der Waals surface area contributed by atoms with Gasteiger partial charge in [0, 0.05) is 28.9 Å². The Balaban J connectivity index is 2.12. The first-order valence-electron chi connectivity index (χ1n) is 6.16. The first-order chi connectivity index (χ1) is 9.60. The molecule has 2 rings (SSSR count). The molecule has 0 fully saturated rings. The van der Waals surface area contributed by atoms with Gasteiger partial charge in [0.2, 0.25) is 0 Å². The zero-order valence-corrected chi connectivity index (χ0v) is 12.1. The van der Waals surface area contributed by atoms with Crippen LogP contribution in [0.4, 0.5) is 11.4 Å². The monoisotopic (exact) mass is 293 g/mol. The molecule has 20 heavy (non-hydrogen) atoms. The molecule has 1 N–H and O–H groups in total. The summed E-state index contributed by atoms with van der Waals surface area (Å²) < 4.78 is 5.30. The number of nitrogens with one attached hydrogen (secondary N) is 1. The maximum Gasteiger partial charge on any atom is 0.311 e. The van der Waals surface area contributed by atoms with E-state index in [9.17, 15) is 10.1 Å². The van der Waals surface area contributed by atoms with Crippen molar-refractivity contribution in [1.29, 1.82) is 0 Å². The van der Waals surface area contributed by atoms with Crippen molar-refractivity contribution in [3.8, 4) is 5.75 Å². The van der Waals surface area contributed by atoms with Crippen LogP contribution in [0.2, 0.25) is 0 Å². The summed E-state index contributed by atoms with van der Waals surface area (Å²) in [5, 5.41) is 17.0. The van der Waals surface area contributed by atoms with Crippen LogP contribution >= 0.6 is 11.3 Å². The second-order valence-corrected chi connectivity index (χ2v) is 5.05. The highest BCUT2D eigenvalue weighted by molar-refractivity contribution is 7.09. The summed E-state index contributed by atoms with van der Waals surface area (Å²) >= 11 is 1.58. The highest BCUT2D eigenvalue weighted by Crippen LogP contribution is 2.30. The molecule has 7 heteroatoms. The molecule has 1 aromatic carbocycles. The van der Waals surface area contributed by atoms with Gasteiger partial charge >= 0.3 is 5.69 Å². The number of hydrogen-bond donors (Lipinski definition) is 1. The number of benzene rings is 1. The second kappa shape index (κ2) is 6.33. The topological polar surface area (TPSA) is 77.3 Å². The molecular weight excluding hydrogens is 278 g/mol. The zero-order valence-electron chi connectivity index (χ0n) is 11.3. The number of anilines is 1. The molecule has 6 nitrogen and oxygen atoms in total. The first-order valence-corrected chi connectivity index (χ1v) is 7.04. The largest absolute Gasteiger partial charge is 0.487 e. The van der Waals surface area contributed by atoms with Crippen LogP contribution in [-0.4, -0.2) is 16.5 Å². The Morgan fingerprint density at radius 3 is 2.90 bits per heavy atom. The van der Waals surface area contributed by atoms with Gasteiger partial charge in [0.1, 0.15) is 5.01 Å². The molecular formula is C13H15N3O3S. The average Bonchev–Trinajstić information content (AvgIpc) is 2.82. The van der Waals surface area contributed by atoms with Gasteiger partial charge in [-0.15, -0.1) is 11.3 Å². The van der Waals surface area contributed by atoms with Crippen LogP contribution in [0.25, 0.3) is 0 Å². The Bertz CT molecular complexity index is 613. The Hall–Kier alpha value is -2.15. The van der Waals surface area contributed by atoms with Crippen molar-refractivity contribution in [1.82, 2.24) is 4.98 Å². The molecule has 0 aliphatic heterocycles. The number of aromatic nitrogens is 1. The number of nitrogens with zero attached hydrogens (tertiary/aromatic N) is 2. The van der Waals surface area contributed by atoms with Crippen LogP contribution in [0.3, 0.4) is 0 Å². The first kappa shape index (κ1) is 14.3. The van der Waals surface area contributed by atoms with E-state index in [1.54, 1.807) is 30.4 Å². The van der Waals surface area contributed by atoms with Gasteiger partial charge in [-0.25, -0.2) is 4.98 Å². The minimum Gasteiger partial charge on any atom is -0.487 e. The van der Waals surface area contributed by atoms with Gasteiger partial charge in [-0.2, -0.15) is 0 Å². The molecule has 0 unspecified atom stereocenters. The van der Waals surface area contributed by atoms with Crippen molar-refractivity contribution < 1.29 is 9.66 Å². The van der Waals surface area contributed by atoms with E-state index in [0.29, 0.717) is 13.2 Å². The Morgan fingerprint density at radius 1 is 1.50 bits per heavy atom. The molecule has 0 atom stereocenters. The maximum absolute atomic E-state index is 10.9. The summed E-state index contributed by atoms with van der Waals surface area (Å²) in [6.07, 6.45) is 0. The fraction of sp³-hybridized carbons (Fsp3) is 0.308. The van der Waals surface area contributed by atoms with E-state index >= 15 is 0 Å². The van der Waals surface area contributed by atoms with E-state index in [2.05, 4.69) is 10.3 Å². The standard InChI is InChI=1S/C13H15N3O3S/c1-3-19-12-6-10(4-5-11(12)16(17)18)14-7-13-15-9(2)8-20-13/h4-6,8,14H,3,7H2,1-2H3. The molecule has 0 saturated carbocycles. The van der Waals surface area contributed by atoms with Crippen LogP contribution in [-0.2, 0) is 6.54 Å². The van der Waals surface area contributed by atoms with Crippen LogP contribution in [0.1, 0.15) is 17.6 Å². The van der Waals surface area contributed by atoms with Gasteiger partial charge in [0.15, 0.2) is 5.75 Å². The van der Waals surface area contributed by atoms with Gasteiger partial charge in [0.05, 0.1) is 18.1 Å². The summed E-state index contributed by atoms with van der Waals surface area (Å²) in [4.78, 5) is 14.8. The Labute approximate surface area is 120 Å². The maximum atomic E-state index is 10.9. The number of thiazole rings is 1. The van der Waals surface area contributed by atoms with Gasteiger partial charge in [-0.1, -0.05) is 0 Å². The second-order valence-electron chi connectivity index (χ2n) is 4.11. The molecule has 0 amide bonds. The van der Waals surface area contributed by atoms with Crippen molar-refractivity contribution >= 4 is 22.7 Å². The molecule has 1 aromatic heterocycles. The summed E-state index contributed by atoms with van der Waals surface area (Å²) in [6.45, 7) is 4.71. The predicted octanol–water partition coefficient (Wildman–Crippen LogP) is 3.37. The average molecular weight is 293 g/mol. The van der Waals surface area contributed by atoms with Gasteiger partial charge < -0.3 is 10.1 Å². The lowest BCUT2D eigenvalue weighted by Gasteiger charge is -2.08. The lowest BCUT2D eigenvalue weighted by Crippen LogP contribution is -2.02. The summed E-state index contributed by atoms with van der Waals surface area (Å²) in [7, 11) is 0.